The first kappa shape index (κ1) is 23.5. The van der Waals surface area contributed by atoms with Crippen molar-refractivity contribution in [1.29, 1.82) is 0 Å². The molecule has 8 nitrogen and oxygen atoms in total. The molecule has 0 unspecified atom stereocenters. The van der Waals surface area contributed by atoms with E-state index in [-0.39, 0.29) is 11.7 Å². The maximum Gasteiger partial charge on any atom is 0.433 e. The molecule has 5 heterocycles. The van der Waals surface area contributed by atoms with Gasteiger partial charge in [0, 0.05) is 43.5 Å². The van der Waals surface area contributed by atoms with Crippen molar-refractivity contribution in [3.63, 3.8) is 0 Å². The summed E-state index contributed by atoms with van der Waals surface area (Å²) >= 11 is 0. The van der Waals surface area contributed by atoms with Gasteiger partial charge >= 0.3 is 6.18 Å². The van der Waals surface area contributed by atoms with Crippen LogP contribution in [0.15, 0.2) is 30.5 Å². The highest BCUT2D eigenvalue weighted by molar-refractivity contribution is 5.92. The maximum atomic E-state index is 13.3. The summed E-state index contributed by atoms with van der Waals surface area (Å²) in [4.78, 5) is 25.6. The van der Waals surface area contributed by atoms with Crippen molar-refractivity contribution in [2.75, 3.05) is 31.6 Å². The zero-order chi connectivity index (χ0) is 24.7. The topological polar surface area (TPSA) is 78.7 Å². The third kappa shape index (κ3) is 4.56. The molecule has 2 atom stereocenters. The largest absolute Gasteiger partial charge is 0.433 e. The molecule has 0 radical (unpaired) electrons. The lowest BCUT2D eigenvalue weighted by Gasteiger charge is -2.34. The number of piperidine rings is 1. The molecular weight excluding hydrogens is 459 g/mol. The van der Waals surface area contributed by atoms with E-state index < -0.39 is 17.8 Å². The Morgan fingerprint density at radius 1 is 1.14 bits per heavy atom. The number of aryl methyl sites for hydroxylation is 1. The Morgan fingerprint density at radius 3 is 2.71 bits per heavy atom. The number of hydrogen-bond acceptors (Lipinski definition) is 6. The monoisotopic (exact) mass is 487 g/mol. The minimum Gasteiger partial charge on any atom is -0.355 e. The molecular formula is C24H28F3N7O. The number of rotatable bonds is 4. The fraction of sp³-hybridized carbons (Fsp3) is 0.500. The summed E-state index contributed by atoms with van der Waals surface area (Å²) in [6.45, 7) is 4.25. The molecule has 5 rings (SSSR count). The Kier molecular flexibility index (Phi) is 6.12. The van der Waals surface area contributed by atoms with Crippen LogP contribution in [0, 0.1) is 6.92 Å². The summed E-state index contributed by atoms with van der Waals surface area (Å²) < 4.78 is 41.1. The molecule has 2 aliphatic rings. The molecule has 0 aliphatic carbocycles. The van der Waals surface area contributed by atoms with E-state index in [1.165, 1.54) is 12.1 Å². The van der Waals surface area contributed by atoms with Gasteiger partial charge in [-0.3, -0.25) is 4.79 Å². The average molecular weight is 488 g/mol. The minimum absolute atomic E-state index is 0.208. The fourth-order valence-electron chi connectivity index (χ4n) is 5.03. The van der Waals surface area contributed by atoms with Gasteiger partial charge in [0.1, 0.15) is 17.2 Å². The van der Waals surface area contributed by atoms with Crippen LogP contribution in [0.3, 0.4) is 0 Å². The number of hydrogen-bond donors (Lipinski definition) is 1. The van der Waals surface area contributed by atoms with Gasteiger partial charge in [-0.15, -0.1) is 0 Å². The highest BCUT2D eigenvalue weighted by Gasteiger charge is 2.35. The average Bonchev–Trinajstić information content (AvgIpc) is 3.49. The summed E-state index contributed by atoms with van der Waals surface area (Å²) in [6.07, 6.45) is 0.736. The van der Waals surface area contributed by atoms with E-state index in [1.807, 2.05) is 26.2 Å². The number of pyridine rings is 1. The summed E-state index contributed by atoms with van der Waals surface area (Å²) in [5.74, 6) is 0.407. The Bertz CT molecular complexity index is 1240. The van der Waals surface area contributed by atoms with Crippen LogP contribution < -0.4 is 10.2 Å². The van der Waals surface area contributed by atoms with Crippen LogP contribution in [0.5, 0.6) is 0 Å². The first-order chi connectivity index (χ1) is 16.7. The number of likely N-dealkylation sites (tertiary alicyclic amines) is 1. The van der Waals surface area contributed by atoms with Gasteiger partial charge in [0.15, 0.2) is 5.65 Å². The smallest absolute Gasteiger partial charge is 0.355 e. The lowest BCUT2D eigenvalue weighted by Crippen LogP contribution is -2.39. The number of carbonyl (C=O) groups is 1. The molecule has 2 saturated heterocycles. The van der Waals surface area contributed by atoms with Gasteiger partial charge < -0.3 is 15.1 Å². The van der Waals surface area contributed by atoms with Crippen LogP contribution in [0.1, 0.15) is 59.2 Å². The summed E-state index contributed by atoms with van der Waals surface area (Å²) in [7, 11) is 1.97. The lowest BCUT2D eigenvalue weighted by molar-refractivity contribution is -0.141. The van der Waals surface area contributed by atoms with Crippen LogP contribution in [0.4, 0.5) is 19.0 Å². The van der Waals surface area contributed by atoms with Crippen molar-refractivity contribution in [3.8, 4) is 0 Å². The zero-order valence-electron chi connectivity index (χ0n) is 19.7. The molecule has 186 valence electrons. The standard InChI is InChI=1S/C24H28F3N7O/c1-15-13-34-21(30-22(15)32-11-9-16(14-32)28-2)12-18(31-34)19-7-3-4-10-33(19)23(35)17-6-5-8-20(29-17)24(25,26)27/h5-6,8,12-13,16,19,28H,3-4,7,9-11,14H2,1-2H3/t16-,19-/m0/s1. The molecule has 1 N–H and O–H groups in total. The van der Waals surface area contributed by atoms with Crippen LogP contribution in [0.2, 0.25) is 0 Å². The van der Waals surface area contributed by atoms with Gasteiger partial charge in [-0.05, 0) is 51.8 Å². The summed E-state index contributed by atoms with van der Waals surface area (Å²) in [6, 6.07) is 5.39. The number of alkyl halides is 3. The number of amides is 1. The van der Waals surface area contributed by atoms with Crippen molar-refractivity contribution in [3.05, 3.63) is 53.1 Å². The second kappa shape index (κ2) is 9.10. The Labute approximate surface area is 201 Å². The molecule has 3 aromatic rings. The molecule has 2 fully saturated rings. The molecule has 3 aromatic heterocycles. The van der Waals surface area contributed by atoms with E-state index in [0.717, 1.165) is 49.8 Å². The highest BCUT2D eigenvalue weighted by Crippen LogP contribution is 2.33. The van der Waals surface area contributed by atoms with E-state index >= 15 is 0 Å². The van der Waals surface area contributed by atoms with Gasteiger partial charge in [-0.2, -0.15) is 18.3 Å². The Morgan fingerprint density at radius 2 is 1.97 bits per heavy atom. The number of anilines is 1. The lowest BCUT2D eigenvalue weighted by atomic mass is 9.99. The number of halogens is 3. The van der Waals surface area contributed by atoms with Crippen molar-refractivity contribution >= 4 is 17.4 Å². The van der Waals surface area contributed by atoms with Crippen molar-refractivity contribution in [2.24, 2.45) is 0 Å². The molecule has 2 aliphatic heterocycles. The SMILES string of the molecule is CN[C@H]1CCN(c2nc3cc([C@@H]4CCCCN4C(=O)c4cccc(C(F)(F)F)n4)nn3cc2C)C1. The first-order valence-electron chi connectivity index (χ1n) is 11.9. The van der Waals surface area contributed by atoms with Gasteiger partial charge in [-0.25, -0.2) is 14.5 Å². The number of nitrogens with one attached hydrogen (secondary N) is 1. The fourth-order valence-corrected chi connectivity index (χ4v) is 5.03. The maximum absolute atomic E-state index is 13.3. The molecule has 0 saturated carbocycles. The molecule has 1 amide bonds. The third-order valence-corrected chi connectivity index (χ3v) is 6.88. The third-order valence-electron chi connectivity index (χ3n) is 6.88. The molecule has 35 heavy (non-hydrogen) atoms. The van der Waals surface area contributed by atoms with Crippen LogP contribution in [-0.4, -0.2) is 63.1 Å². The highest BCUT2D eigenvalue weighted by atomic mass is 19.4. The predicted octanol–water partition coefficient (Wildman–Crippen LogP) is 3.62. The normalized spacial score (nSPS) is 21.2. The summed E-state index contributed by atoms with van der Waals surface area (Å²) in [5, 5.41) is 8.02. The van der Waals surface area contributed by atoms with E-state index in [1.54, 1.807) is 9.42 Å². The van der Waals surface area contributed by atoms with Crippen molar-refractivity contribution in [2.45, 2.75) is 50.9 Å². The van der Waals surface area contributed by atoms with Gasteiger partial charge in [0.2, 0.25) is 0 Å². The van der Waals surface area contributed by atoms with Crippen LogP contribution >= 0.6 is 0 Å². The number of carbonyl (C=O) groups excluding carboxylic acids is 1. The molecule has 11 heteroatoms. The summed E-state index contributed by atoms with van der Waals surface area (Å²) in [5.41, 5.74) is 1.10. The van der Waals surface area contributed by atoms with Crippen molar-refractivity contribution in [1.82, 2.24) is 29.8 Å². The number of aromatic nitrogens is 4. The Balaban J connectivity index is 1.44. The number of likely N-dealkylation sites (N-methyl/N-ethyl adjacent to an activating group) is 1. The number of nitrogens with zero attached hydrogens (tertiary/aromatic N) is 6. The first-order valence-corrected chi connectivity index (χ1v) is 11.9. The Hall–Kier alpha value is -3.21. The predicted molar refractivity (Wildman–Crippen MR) is 124 cm³/mol. The van der Waals surface area contributed by atoms with E-state index in [0.29, 0.717) is 30.3 Å². The quantitative estimate of drug-likeness (QED) is 0.606. The van der Waals surface area contributed by atoms with Gasteiger partial charge in [0.25, 0.3) is 5.91 Å². The number of fused-ring (bicyclic) bond motifs is 1. The molecule has 0 aromatic carbocycles. The van der Waals surface area contributed by atoms with Gasteiger partial charge in [-0.1, -0.05) is 6.07 Å². The molecule has 0 bridgehead atoms. The zero-order valence-corrected chi connectivity index (χ0v) is 19.7. The van der Waals surface area contributed by atoms with Gasteiger partial charge in [0.05, 0.1) is 11.7 Å². The van der Waals surface area contributed by atoms with Crippen LogP contribution in [0.25, 0.3) is 5.65 Å². The second-order valence-electron chi connectivity index (χ2n) is 9.26. The second-order valence-corrected chi connectivity index (χ2v) is 9.26. The van der Waals surface area contributed by atoms with Crippen LogP contribution in [-0.2, 0) is 6.18 Å². The van der Waals surface area contributed by atoms with E-state index in [9.17, 15) is 18.0 Å². The van der Waals surface area contributed by atoms with Crippen molar-refractivity contribution < 1.29 is 18.0 Å². The molecule has 0 spiro atoms. The van der Waals surface area contributed by atoms with E-state index in [2.05, 4.69) is 15.2 Å². The van der Waals surface area contributed by atoms with E-state index in [4.69, 9.17) is 10.1 Å². The minimum atomic E-state index is -4.61.